The second kappa shape index (κ2) is 5.50. The largest absolute Gasteiger partial charge is 0.329 e. The molecule has 1 aliphatic rings. The standard InChI is InChI=1S/C13H15ClN2O2/c14-11-4-2-1-3-10(11)9-7-12(17)16(6-5-15)13(18)8-9/h1-4,9H,5-8,15H2. The van der Waals surface area contributed by atoms with Gasteiger partial charge in [-0.25, -0.2) is 0 Å². The van der Waals surface area contributed by atoms with E-state index in [1.807, 2.05) is 18.2 Å². The second-order valence-electron chi connectivity index (χ2n) is 4.35. The molecule has 1 aliphatic heterocycles. The van der Waals surface area contributed by atoms with E-state index in [4.69, 9.17) is 17.3 Å². The van der Waals surface area contributed by atoms with Crippen molar-refractivity contribution < 1.29 is 9.59 Å². The van der Waals surface area contributed by atoms with Crippen LogP contribution in [0.3, 0.4) is 0 Å². The summed E-state index contributed by atoms with van der Waals surface area (Å²) in [7, 11) is 0. The Bertz CT molecular complexity index is 458. The fourth-order valence-corrected chi connectivity index (χ4v) is 2.55. The first kappa shape index (κ1) is 13.1. The molecule has 0 saturated carbocycles. The van der Waals surface area contributed by atoms with Crippen LogP contribution in [-0.4, -0.2) is 29.8 Å². The summed E-state index contributed by atoms with van der Waals surface area (Å²) in [5, 5.41) is 0.607. The molecule has 0 radical (unpaired) electrons. The highest BCUT2D eigenvalue weighted by atomic mass is 35.5. The molecule has 1 saturated heterocycles. The first-order valence-corrected chi connectivity index (χ1v) is 6.29. The van der Waals surface area contributed by atoms with Gasteiger partial charge < -0.3 is 5.73 Å². The van der Waals surface area contributed by atoms with Gasteiger partial charge in [-0.3, -0.25) is 14.5 Å². The number of carbonyl (C=O) groups is 2. The number of hydrogen-bond donors (Lipinski definition) is 1. The zero-order valence-corrected chi connectivity index (χ0v) is 10.7. The number of benzene rings is 1. The number of halogens is 1. The quantitative estimate of drug-likeness (QED) is 0.844. The summed E-state index contributed by atoms with van der Waals surface area (Å²) >= 11 is 6.09. The van der Waals surface area contributed by atoms with Crippen molar-refractivity contribution in [1.29, 1.82) is 0 Å². The fraction of sp³-hybridized carbons (Fsp3) is 0.385. The molecule has 1 aromatic carbocycles. The number of carbonyl (C=O) groups excluding carboxylic acids is 2. The van der Waals surface area contributed by atoms with E-state index < -0.39 is 0 Å². The third kappa shape index (κ3) is 2.54. The topological polar surface area (TPSA) is 63.4 Å². The van der Waals surface area contributed by atoms with Crippen molar-refractivity contribution in [2.45, 2.75) is 18.8 Å². The van der Waals surface area contributed by atoms with E-state index in [0.29, 0.717) is 31.0 Å². The number of likely N-dealkylation sites (tertiary alicyclic amines) is 1. The lowest BCUT2D eigenvalue weighted by Gasteiger charge is -2.30. The summed E-state index contributed by atoms with van der Waals surface area (Å²) in [4.78, 5) is 25.0. The maximum Gasteiger partial charge on any atom is 0.229 e. The molecule has 1 heterocycles. The van der Waals surface area contributed by atoms with Gasteiger partial charge in [-0.05, 0) is 11.6 Å². The lowest BCUT2D eigenvalue weighted by molar-refractivity contribution is -0.148. The predicted octanol–water partition coefficient (Wildman–Crippen LogP) is 1.53. The Morgan fingerprint density at radius 1 is 1.22 bits per heavy atom. The Balaban J connectivity index is 2.18. The molecule has 2 N–H and O–H groups in total. The molecule has 1 fully saturated rings. The zero-order valence-electron chi connectivity index (χ0n) is 9.93. The van der Waals surface area contributed by atoms with Crippen LogP contribution in [0.15, 0.2) is 24.3 Å². The minimum atomic E-state index is -0.165. The Morgan fingerprint density at radius 2 is 1.83 bits per heavy atom. The zero-order chi connectivity index (χ0) is 13.1. The van der Waals surface area contributed by atoms with Gasteiger partial charge in [0.25, 0.3) is 0 Å². The molecule has 0 spiro atoms. The lowest BCUT2D eigenvalue weighted by atomic mass is 9.88. The highest BCUT2D eigenvalue weighted by molar-refractivity contribution is 6.31. The Hall–Kier alpha value is -1.39. The van der Waals surface area contributed by atoms with E-state index in [1.165, 1.54) is 4.90 Å². The minimum Gasteiger partial charge on any atom is -0.329 e. The third-order valence-electron chi connectivity index (χ3n) is 3.14. The first-order chi connectivity index (χ1) is 8.63. The average molecular weight is 267 g/mol. The van der Waals surface area contributed by atoms with Crippen LogP contribution in [0.5, 0.6) is 0 Å². The SMILES string of the molecule is NCCN1C(=O)CC(c2ccccc2Cl)CC1=O. The Labute approximate surface area is 111 Å². The molecule has 0 aliphatic carbocycles. The summed E-state index contributed by atoms with van der Waals surface area (Å²) < 4.78 is 0. The van der Waals surface area contributed by atoms with Gasteiger partial charge in [0.15, 0.2) is 0 Å². The molecule has 0 bridgehead atoms. The van der Waals surface area contributed by atoms with Crippen molar-refractivity contribution in [2.75, 3.05) is 13.1 Å². The number of imide groups is 1. The lowest BCUT2D eigenvalue weighted by Crippen LogP contribution is -2.45. The van der Waals surface area contributed by atoms with Crippen molar-refractivity contribution in [1.82, 2.24) is 4.90 Å². The molecule has 0 aromatic heterocycles. The van der Waals surface area contributed by atoms with Crippen LogP contribution in [-0.2, 0) is 9.59 Å². The molecule has 18 heavy (non-hydrogen) atoms. The van der Waals surface area contributed by atoms with Gasteiger partial charge >= 0.3 is 0 Å². The van der Waals surface area contributed by atoms with Crippen molar-refractivity contribution in [3.05, 3.63) is 34.9 Å². The Kier molecular flexibility index (Phi) is 3.99. The summed E-state index contributed by atoms with van der Waals surface area (Å²) in [5.74, 6) is -0.448. The summed E-state index contributed by atoms with van der Waals surface area (Å²) in [6.45, 7) is 0.598. The predicted molar refractivity (Wildman–Crippen MR) is 69.2 cm³/mol. The Morgan fingerprint density at radius 3 is 2.39 bits per heavy atom. The molecule has 0 unspecified atom stereocenters. The molecule has 0 atom stereocenters. The van der Waals surface area contributed by atoms with Gasteiger partial charge in [-0.15, -0.1) is 0 Å². The number of amides is 2. The van der Waals surface area contributed by atoms with Crippen LogP contribution in [0, 0.1) is 0 Å². The normalized spacial score (nSPS) is 17.3. The van der Waals surface area contributed by atoms with Gasteiger partial charge in [0.05, 0.1) is 0 Å². The molecule has 2 rings (SSSR count). The number of piperidine rings is 1. The maximum absolute atomic E-state index is 11.9. The van der Waals surface area contributed by atoms with E-state index >= 15 is 0 Å². The average Bonchev–Trinajstić information content (AvgIpc) is 2.34. The van der Waals surface area contributed by atoms with Gasteiger partial charge in [-0.1, -0.05) is 29.8 Å². The first-order valence-electron chi connectivity index (χ1n) is 5.91. The van der Waals surface area contributed by atoms with E-state index in [9.17, 15) is 9.59 Å². The van der Waals surface area contributed by atoms with Gasteiger partial charge in [-0.2, -0.15) is 0 Å². The summed E-state index contributed by atoms with van der Waals surface area (Å²) in [6, 6.07) is 7.34. The molecule has 4 nitrogen and oxygen atoms in total. The summed E-state index contributed by atoms with van der Waals surface area (Å²) in [5.41, 5.74) is 6.26. The van der Waals surface area contributed by atoms with Crippen LogP contribution >= 0.6 is 11.6 Å². The fourth-order valence-electron chi connectivity index (χ4n) is 2.26. The molecular formula is C13H15ClN2O2. The van der Waals surface area contributed by atoms with Crippen molar-refractivity contribution in [2.24, 2.45) is 5.73 Å². The monoisotopic (exact) mass is 266 g/mol. The molecule has 1 aromatic rings. The highest BCUT2D eigenvalue weighted by Gasteiger charge is 2.33. The van der Waals surface area contributed by atoms with Crippen LogP contribution in [0.2, 0.25) is 5.02 Å². The van der Waals surface area contributed by atoms with Crippen molar-refractivity contribution in [3.8, 4) is 0 Å². The van der Waals surface area contributed by atoms with Gasteiger partial charge in [0.2, 0.25) is 11.8 Å². The third-order valence-corrected chi connectivity index (χ3v) is 3.49. The number of nitrogens with two attached hydrogens (primary N) is 1. The van der Waals surface area contributed by atoms with Crippen LogP contribution in [0.1, 0.15) is 24.3 Å². The molecule has 2 amide bonds. The number of nitrogens with zero attached hydrogens (tertiary/aromatic N) is 1. The smallest absolute Gasteiger partial charge is 0.229 e. The van der Waals surface area contributed by atoms with E-state index in [1.54, 1.807) is 6.07 Å². The maximum atomic E-state index is 11.9. The number of hydrogen-bond acceptors (Lipinski definition) is 3. The molecular weight excluding hydrogens is 252 g/mol. The summed E-state index contributed by atoms with van der Waals surface area (Å²) in [6.07, 6.45) is 0.630. The second-order valence-corrected chi connectivity index (χ2v) is 4.76. The molecule has 5 heteroatoms. The number of rotatable bonds is 3. The van der Waals surface area contributed by atoms with Crippen LogP contribution in [0.4, 0.5) is 0 Å². The van der Waals surface area contributed by atoms with Crippen molar-refractivity contribution >= 4 is 23.4 Å². The van der Waals surface area contributed by atoms with Gasteiger partial charge in [0, 0.05) is 36.9 Å². The van der Waals surface area contributed by atoms with Crippen LogP contribution < -0.4 is 5.73 Å². The van der Waals surface area contributed by atoms with Gasteiger partial charge in [0.1, 0.15) is 0 Å². The van der Waals surface area contributed by atoms with E-state index in [0.717, 1.165) is 5.56 Å². The molecule has 96 valence electrons. The van der Waals surface area contributed by atoms with E-state index in [-0.39, 0.29) is 17.7 Å². The van der Waals surface area contributed by atoms with E-state index in [2.05, 4.69) is 0 Å². The van der Waals surface area contributed by atoms with Crippen LogP contribution in [0.25, 0.3) is 0 Å². The van der Waals surface area contributed by atoms with Crippen molar-refractivity contribution in [3.63, 3.8) is 0 Å². The highest BCUT2D eigenvalue weighted by Crippen LogP contribution is 2.33. The minimum absolute atomic E-state index is 0.118.